The maximum Gasteiger partial charge on any atom is 0.220 e. The van der Waals surface area contributed by atoms with Crippen molar-refractivity contribution >= 4 is 5.91 Å². The van der Waals surface area contributed by atoms with Gasteiger partial charge in [-0.25, -0.2) is 0 Å². The highest BCUT2D eigenvalue weighted by Gasteiger charge is 2.37. The average Bonchev–Trinajstić information content (AvgIpc) is 2.74. The lowest BCUT2D eigenvalue weighted by molar-refractivity contribution is -0.123. The van der Waals surface area contributed by atoms with Crippen LogP contribution in [-0.4, -0.2) is 26.2 Å². The molecular weight excluding hydrogens is 214 g/mol. The molecule has 0 heterocycles. The third-order valence-corrected chi connectivity index (χ3v) is 4.09. The first-order valence-electron chi connectivity index (χ1n) is 6.66. The molecule has 17 heavy (non-hydrogen) atoms. The van der Waals surface area contributed by atoms with Gasteiger partial charge in [0.25, 0.3) is 0 Å². The predicted octanol–water partition coefficient (Wildman–Crippen LogP) is 2.28. The number of ether oxygens (including phenoxy) is 1. The summed E-state index contributed by atoms with van der Waals surface area (Å²) in [6.45, 7) is 1.56. The molecule has 1 unspecified atom stereocenters. The van der Waals surface area contributed by atoms with Crippen LogP contribution in [0.25, 0.3) is 0 Å². The van der Waals surface area contributed by atoms with Crippen LogP contribution in [0.5, 0.6) is 0 Å². The second-order valence-corrected chi connectivity index (χ2v) is 5.53. The Kier molecular flexibility index (Phi) is 4.21. The molecule has 2 aliphatic carbocycles. The summed E-state index contributed by atoms with van der Waals surface area (Å²) >= 11 is 0. The van der Waals surface area contributed by atoms with Crippen molar-refractivity contribution in [3.05, 3.63) is 12.2 Å². The van der Waals surface area contributed by atoms with Crippen LogP contribution in [0, 0.1) is 11.3 Å². The van der Waals surface area contributed by atoms with E-state index in [9.17, 15) is 4.79 Å². The van der Waals surface area contributed by atoms with Gasteiger partial charge in [0.1, 0.15) is 0 Å². The van der Waals surface area contributed by atoms with Gasteiger partial charge in [0.2, 0.25) is 5.91 Å². The van der Waals surface area contributed by atoms with Crippen LogP contribution in [0.15, 0.2) is 12.2 Å². The van der Waals surface area contributed by atoms with Crippen molar-refractivity contribution in [1.82, 2.24) is 5.32 Å². The Morgan fingerprint density at radius 2 is 2.35 bits per heavy atom. The van der Waals surface area contributed by atoms with Gasteiger partial charge in [-0.15, -0.1) is 0 Å². The molecule has 1 amide bonds. The highest BCUT2D eigenvalue weighted by atomic mass is 16.5. The molecule has 0 aliphatic heterocycles. The van der Waals surface area contributed by atoms with Crippen molar-refractivity contribution < 1.29 is 9.53 Å². The molecule has 0 aromatic heterocycles. The summed E-state index contributed by atoms with van der Waals surface area (Å²) in [7, 11) is 1.74. The second kappa shape index (κ2) is 5.67. The topological polar surface area (TPSA) is 38.3 Å². The van der Waals surface area contributed by atoms with E-state index in [0.717, 1.165) is 26.0 Å². The minimum absolute atomic E-state index is 0.198. The van der Waals surface area contributed by atoms with Crippen LogP contribution in [0.1, 0.15) is 38.5 Å². The molecule has 0 saturated heterocycles. The number of allylic oxidation sites excluding steroid dienone is 2. The Hall–Kier alpha value is -0.830. The van der Waals surface area contributed by atoms with Crippen molar-refractivity contribution in [2.75, 3.05) is 20.3 Å². The van der Waals surface area contributed by atoms with E-state index in [1.165, 1.54) is 19.3 Å². The van der Waals surface area contributed by atoms with Gasteiger partial charge >= 0.3 is 0 Å². The number of carbonyl (C=O) groups excluding carboxylic acids is 1. The van der Waals surface area contributed by atoms with Crippen LogP contribution < -0.4 is 5.32 Å². The summed E-state index contributed by atoms with van der Waals surface area (Å²) in [6, 6.07) is 0. The van der Waals surface area contributed by atoms with E-state index in [-0.39, 0.29) is 11.3 Å². The molecule has 2 aliphatic rings. The van der Waals surface area contributed by atoms with Crippen LogP contribution >= 0.6 is 0 Å². The van der Waals surface area contributed by atoms with Gasteiger partial charge in [0, 0.05) is 25.5 Å². The Bertz CT molecular complexity index is 295. The molecular formula is C14H23NO2. The SMILES string of the molecule is COCC1(CNC(=O)CC2C=CCC2)CCC1. The van der Waals surface area contributed by atoms with E-state index in [2.05, 4.69) is 17.5 Å². The molecule has 0 aromatic rings. The number of hydrogen-bond acceptors (Lipinski definition) is 2. The van der Waals surface area contributed by atoms with Crippen molar-refractivity contribution in [3.63, 3.8) is 0 Å². The van der Waals surface area contributed by atoms with E-state index in [1.54, 1.807) is 7.11 Å². The maximum atomic E-state index is 11.8. The molecule has 0 radical (unpaired) electrons. The first kappa shape index (κ1) is 12.6. The van der Waals surface area contributed by atoms with Gasteiger partial charge in [-0.3, -0.25) is 4.79 Å². The van der Waals surface area contributed by atoms with Crippen LogP contribution in [-0.2, 0) is 9.53 Å². The number of rotatable bonds is 6. The summed E-state index contributed by atoms with van der Waals surface area (Å²) in [5.41, 5.74) is 0.232. The molecule has 0 aromatic carbocycles. The monoisotopic (exact) mass is 237 g/mol. The third kappa shape index (κ3) is 3.32. The van der Waals surface area contributed by atoms with Gasteiger partial charge in [-0.2, -0.15) is 0 Å². The summed E-state index contributed by atoms with van der Waals surface area (Å²) < 4.78 is 5.25. The quantitative estimate of drug-likeness (QED) is 0.720. The van der Waals surface area contributed by atoms with Crippen LogP contribution in [0.3, 0.4) is 0 Å². The van der Waals surface area contributed by atoms with E-state index in [4.69, 9.17) is 4.74 Å². The van der Waals surface area contributed by atoms with E-state index >= 15 is 0 Å². The van der Waals surface area contributed by atoms with Gasteiger partial charge in [-0.1, -0.05) is 18.6 Å². The fourth-order valence-corrected chi connectivity index (χ4v) is 2.82. The summed E-state index contributed by atoms with van der Waals surface area (Å²) in [5, 5.41) is 3.08. The number of nitrogens with one attached hydrogen (secondary N) is 1. The normalized spacial score (nSPS) is 25.6. The first-order chi connectivity index (χ1) is 8.24. The van der Waals surface area contributed by atoms with Crippen molar-refractivity contribution in [1.29, 1.82) is 0 Å². The lowest BCUT2D eigenvalue weighted by Gasteiger charge is -2.41. The lowest BCUT2D eigenvalue weighted by Crippen LogP contribution is -2.45. The van der Waals surface area contributed by atoms with E-state index in [0.29, 0.717) is 12.3 Å². The minimum atomic E-state index is 0.198. The molecule has 1 saturated carbocycles. The highest BCUT2D eigenvalue weighted by Crippen LogP contribution is 2.40. The summed E-state index contributed by atoms with van der Waals surface area (Å²) in [6.07, 6.45) is 10.9. The maximum absolute atomic E-state index is 11.8. The number of hydrogen-bond donors (Lipinski definition) is 1. The van der Waals surface area contributed by atoms with Crippen molar-refractivity contribution in [3.8, 4) is 0 Å². The average molecular weight is 237 g/mol. The molecule has 0 spiro atoms. The third-order valence-electron chi connectivity index (χ3n) is 4.09. The van der Waals surface area contributed by atoms with E-state index < -0.39 is 0 Å². The molecule has 3 nitrogen and oxygen atoms in total. The predicted molar refractivity (Wildman–Crippen MR) is 67.7 cm³/mol. The smallest absolute Gasteiger partial charge is 0.220 e. The standard InChI is InChI=1S/C14H23NO2/c1-17-11-14(7-4-8-14)10-15-13(16)9-12-5-2-3-6-12/h2,5,12H,3-4,6-11H2,1H3,(H,15,16). The van der Waals surface area contributed by atoms with E-state index in [1.807, 2.05) is 0 Å². The van der Waals surface area contributed by atoms with Crippen molar-refractivity contribution in [2.24, 2.45) is 11.3 Å². The number of methoxy groups -OCH3 is 1. The molecule has 96 valence electrons. The summed E-state index contributed by atoms with van der Waals surface area (Å²) in [5.74, 6) is 0.665. The second-order valence-electron chi connectivity index (χ2n) is 5.53. The van der Waals surface area contributed by atoms with Gasteiger partial charge in [0.15, 0.2) is 0 Å². The van der Waals surface area contributed by atoms with Crippen LogP contribution in [0.4, 0.5) is 0 Å². The fraction of sp³-hybridized carbons (Fsp3) is 0.786. The van der Waals surface area contributed by atoms with Gasteiger partial charge in [-0.05, 0) is 31.6 Å². The Morgan fingerprint density at radius 1 is 1.53 bits per heavy atom. The molecule has 1 fully saturated rings. The fourth-order valence-electron chi connectivity index (χ4n) is 2.82. The Balaban J connectivity index is 1.69. The molecule has 3 heteroatoms. The zero-order valence-electron chi connectivity index (χ0n) is 10.7. The lowest BCUT2D eigenvalue weighted by atomic mass is 9.69. The zero-order valence-corrected chi connectivity index (χ0v) is 10.7. The summed E-state index contributed by atoms with van der Waals surface area (Å²) in [4.78, 5) is 11.8. The molecule has 2 rings (SSSR count). The zero-order chi connectivity index (χ0) is 12.1. The minimum Gasteiger partial charge on any atom is -0.384 e. The number of amides is 1. The molecule has 1 atom stereocenters. The Labute approximate surface area is 104 Å². The largest absolute Gasteiger partial charge is 0.384 e. The van der Waals surface area contributed by atoms with Gasteiger partial charge < -0.3 is 10.1 Å². The molecule has 0 bridgehead atoms. The highest BCUT2D eigenvalue weighted by molar-refractivity contribution is 5.76. The van der Waals surface area contributed by atoms with Gasteiger partial charge in [0.05, 0.1) is 6.61 Å². The van der Waals surface area contributed by atoms with Crippen LogP contribution in [0.2, 0.25) is 0 Å². The molecule has 1 N–H and O–H groups in total. The Morgan fingerprint density at radius 3 is 2.88 bits per heavy atom. The first-order valence-corrected chi connectivity index (χ1v) is 6.66. The number of carbonyl (C=O) groups is 1. The van der Waals surface area contributed by atoms with Crippen molar-refractivity contribution in [2.45, 2.75) is 38.5 Å².